The topological polar surface area (TPSA) is 56.8 Å². The number of anilines is 1. The Balaban J connectivity index is 1.66. The van der Waals surface area contributed by atoms with Gasteiger partial charge in [-0.25, -0.2) is 4.98 Å². The van der Waals surface area contributed by atoms with E-state index in [-0.39, 0.29) is 18.4 Å². The smallest absolute Gasteiger partial charge is 0.255 e. The second-order valence-corrected chi connectivity index (χ2v) is 5.84. The number of carbonyl (C=O) groups is 2. The quantitative estimate of drug-likeness (QED) is 0.817. The van der Waals surface area contributed by atoms with Gasteiger partial charge in [0.1, 0.15) is 12.4 Å². The molecule has 0 unspecified atom stereocenters. The lowest BCUT2D eigenvalue weighted by atomic mass is 10.2. The monoisotopic (exact) mass is 288 g/mol. The molecule has 1 saturated carbocycles. The number of carbonyl (C=O) groups excluding carboxylic acids is 2. The molecule has 0 N–H and O–H groups in total. The van der Waals surface area contributed by atoms with Crippen molar-refractivity contribution in [3.05, 3.63) is 23.9 Å². The molecule has 1 aliphatic heterocycles. The Kier molecular flexibility index (Phi) is 3.53. The van der Waals surface area contributed by atoms with Gasteiger partial charge in [-0.1, -0.05) is 0 Å². The summed E-state index contributed by atoms with van der Waals surface area (Å²) in [6.07, 6.45) is 3.79. The molecule has 112 valence electrons. The number of amides is 2. The van der Waals surface area contributed by atoms with Crippen LogP contribution in [0.3, 0.4) is 0 Å². The second kappa shape index (κ2) is 5.35. The molecule has 0 atom stereocenters. The van der Waals surface area contributed by atoms with Crippen LogP contribution in [0, 0.1) is 0 Å². The van der Waals surface area contributed by atoms with Gasteiger partial charge in [0, 0.05) is 39.4 Å². The van der Waals surface area contributed by atoms with E-state index in [9.17, 15) is 9.59 Å². The van der Waals surface area contributed by atoms with E-state index in [1.54, 1.807) is 17.2 Å². The summed E-state index contributed by atoms with van der Waals surface area (Å²) in [4.78, 5) is 34.2. The summed E-state index contributed by atoms with van der Waals surface area (Å²) in [5.41, 5.74) is 0.535. The summed E-state index contributed by atoms with van der Waals surface area (Å²) in [7, 11) is 3.80. The number of aromatic nitrogens is 1. The Morgan fingerprint density at radius 1 is 1.29 bits per heavy atom. The highest BCUT2D eigenvalue weighted by Gasteiger charge is 2.36. The molecule has 21 heavy (non-hydrogen) atoms. The number of hydrogen-bond acceptors (Lipinski definition) is 4. The molecule has 0 aromatic carbocycles. The first-order valence-electron chi connectivity index (χ1n) is 7.28. The van der Waals surface area contributed by atoms with Crippen molar-refractivity contribution in [3.8, 4) is 0 Å². The molecule has 0 radical (unpaired) electrons. The minimum absolute atomic E-state index is 0.0648. The summed E-state index contributed by atoms with van der Waals surface area (Å²) < 4.78 is 0. The largest absolute Gasteiger partial charge is 0.363 e. The molecule has 1 aliphatic carbocycles. The molecule has 1 aromatic rings. The SMILES string of the molecule is CN(C)c1ccc(C(=O)N2CCN(C3CC3)C(=O)C2)cn1. The third-order valence-electron chi connectivity index (χ3n) is 3.99. The normalized spacial score (nSPS) is 18.9. The van der Waals surface area contributed by atoms with Gasteiger partial charge in [0.15, 0.2) is 0 Å². The Hall–Kier alpha value is -2.11. The van der Waals surface area contributed by atoms with E-state index in [2.05, 4.69) is 4.98 Å². The van der Waals surface area contributed by atoms with Crippen molar-refractivity contribution in [1.29, 1.82) is 0 Å². The lowest BCUT2D eigenvalue weighted by Crippen LogP contribution is -2.52. The van der Waals surface area contributed by atoms with Gasteiger partial charge in [0.05, 0.1) is 5.56 Å². The van der Waals surface area contributed by atoms with E-state index in [0.29, 0.717) is 24.7 Å². The van der Waals surface area contributed by atoms with Crippen molar-refractivity contribution in [3.63, 3.8) is 0 Å². The van der Waals surface area contributed by atoms with Crippen molar-refractivity contribution in [2.45, 2.75) is 18.9 Å². The first kappa shape index (κ1) is 13.9. The highest BCUT2D eigenvalue weighted by molar-refractivity contribution is 5.97. The van der Waals surface area contributed by atoms with E-state index in [0.717, 1.165) is 18.7 Å². The molecular formula is C15H20N4O2. The summed E-state index contributed by atoms with van der Waals surface area (Å²) in [5, 5.41) is 0. The van der Waals surface area contributed by atoms with E-state index >= 15 is 0 Å². The van der Waals surface area contributed by atoms with Crippen LogP contribution >= 0.6 is 0 Å². The predicted molar refractivity (Wildman–Crippen MR) is 79.2 cm³/mol. The second-order valence-electron chi connectivity index (χ2n) is 5.84. The number of piperazine rings is 1. The molecule has 6 heteroatoms. The summed E-state index contributed by atoms with van der Waals surface area (Å²) in [6, 6.07) is 4.01. The lowest BCUT2D eigenvalue weighted by molar-refractivity contribution is -0.135. The van der Waals surface area contributed by atoms with Crippen molar-refractivity contribution in [2.75, 3.05) is 38.6 Å². The van der Waals surface area contributed by atoms with Gasteiger partial charge in [0.2, 0.25) is 5.91 Å². The predicted octanol–water partition coefficient (Wildman–Crippen LogP) is 0.594. The highest BCUT2D eigenvalue weighted by Crippen LogP contribution is 2.28. The Morgan fingerprint density at radius 3 is 2.57 bits per heavy atom. The summed E-state index contributed by atoms with van der Waals surface area (Å²) >= 11 is 0. The van der Waals surface area contributed by atoms with Gasteiger partial charge in [-0.2, -0.15) is 0 Å². The van der Waals surface area contributed by atoms with Crippen LogP contribution in [0.25, 0.3) is 0 Å². The van der Waals surface area contributed by atoms with Gasteiger partial charge in [-0.05, 0) is 25.0 Å². The molecule has 3 rings (SSSR count). The van der Waals surface area contributed by atoms with Crippen LogP contribution in [0.4, 0.5) is 5.82 Å². The zero-order chi connectivity index (χ0) is 15.0. The molecule has 1 saturated heterocycles. The van der Waals surface area contributed by atoms with Gasteiger partial charge in [-0.3, -0.25) is 9.59 Å². The fourth-order valence-corrected chi connectivity index (χ4v) is 2.59. The fraction of sp³-hybridized carbons (Fsp3) is 0.533. The Bertz CT molecular complexity index is 551. The first-order chi connectivity index (χ1) is 10.1. The fourth-order valence-electron chi connectivity index (χ4n) is 2.59. The van der Waals surface area contributed by atoms with Crippen molar-refractivity contribution in [1.82, 2.24) is 14.8 Å². The molecule has 0 spiro atoms. The molecule has 2 fully saturated rings. The van der Waals surface area contributed by atoms with Crippen LogP contribution in [0.15, 0.2) is 18.3 Å². The maximum absolute atomic E-state index is 12.4. The average Bonchev–Trinajstić information content (AvgIpc) is 3.31. The van der Waals surface area contributed by atoms with Crippen LogP contribution in [-0.2, 0) is 4.79 Å². The van der Waals surface area contributed by atoms with Gasteiger partial charge in [0.25, 0.3) is 5.91 Å². The Morgan fingerprint density at radius 2 is 2.05 bits per heavy atom. The first-order valence-corrected chi connectivity index (χ1v) is 7.28. The van der Waals surface area contributed by atoms with E-state index in [1.807, 2.05) is 30.0 Å². The van der Waals surface area contributed by atoms with E-state index in [1.165, 1.54) is 0 Å². The van der Waals surface area contributed by atoms with Gasteiger partial charge >= 0.3 is 0 Å². The lowest BCUT2D eigenvalue weighted by Gasteiger charge is -2.34. The van der Waals surface area contributed by atoms with Crippen molar-refractivity contribution >= 4 is 17.6 Å². The van der Waals surface area contributed by atoms with Crippen LogP contribution in [0.1, 0.15) is 23.2 Å². The van der Waals surface area contributed by atoms with E-state index < -0.39 is 0 Å². The molecule has 2 heterocycles. The van der Waals surface area contributed by atoms with Gasteiger partial charge < -0.3 is 14.7 Å². The van der Waals surface area contributed by atoms with Gasteiger partial charge in [-0.15, -0.1) is 0 Å². The maximum atomic E-state index is 12.4. The van der Waals surface area contributed by atoms with E-state index in [4.69, 9.17) is 0 Å². The number of nitrogens with zero attached hydrogens (tertiary/aromatic N) is 4. The van der Waals surface area contributed by atoms with Crippen LogP contribution in [0.5, 0.6) is 0 Å². The average molecular weight is 288 g/mol. The minimum Gasteiger partial charge on any atom is -0.363 e. The number of hydrogen-bond donors (Lipinski definition) is 0. The zero-order valence-electron chi connectivity index (χ0n) is 12.5. The summed E-state index contributed by atoms with van der Waals surface area (Å²) in [5.74, 6) is 0.757. The van der Waals surface area contributed by atoms with Crippen molar-refractivity contribution in [2.24, 2.45) is 0 Å². The highest BCUT2D eigenvalue weighted by atomic mass is 16.2. The standard InChI is InChI=1S/C15H20N4O2/c1-17(2)13-6-3-11(9-16-13)15(21)18-7-8-19(12-4-5-12)14(20)10-18/h3,6,9,12H,4-5,7-8,10H2,1-2H3. The van der Waals surface area contributed by atoms with Crippen LogP contribution in [0.2, 0.25) is 0 Å². The molecule has 0 bridgehead atoms. The molecule has 1 aromatic heterocycles. The molecule has 2 aliphatic rings. The Labute approximate surface area is 124 Å². The van der Waals surface area contributed by atoms with Crippen molar-refractivity contribution < 1.29 is 9.59 Å². The minimum atomic E-state index is -0.114. The molecule has 2 amide bonds. The third kappa shape index (κ3) is 2.84. The number of pyridine rings is 1. The van der Waals surface area contributed by atoms with Crippen LogP contribution < -0.4 is 4.90 Å². The maximum Gasteiger partial charge on any atom is 0.255 e. The molecule has 6 nitrogen and oxygen atoms in total. The molecular weight excluding hydrogens is 268 g/mol. The zero-order valence-corrected chi connectivity index (χ0v) is 12.5. The summed E-state index contributed by atoms with van der Waals surface area (Å²) in [6.45, 7) is 1.44. The third-order valence-corrected chi connectivity index (χ3v) is 3.99. The number of rotatable bonds is 3. The van der Waals surface area contributed by atoms with Crippen LogP contribution in [-0.4, -0.2) is 66.4 Å².